The standard InChI is InChI=1S/C20H21NO2/c1-21(18-13-11-15-7-3-5-9-17(15)18)20(22)14-12-16-8-4-6-10-19(16)23-2/h3-10,12,14,18H,11,13H2,1-2H3/b14-12+. The molecule has 1 aliphatic carbocycles. The second kappa shape index (κ2) is 6.69. The molecular weight excluding hydrogens is 286 g/mol. The van der Waals surface area contributed by atoms with E-state index in [0.717, 1.165) is 24.2 Å². The predicted molar refractivity (Wildman–Crippen MR) is 92.3 cm³/mol. The van der Waals surface area contributed by atoms with Crippen LogP contribution in [0.3, 0.4) is 0 Å². The maximum atomic E-state index is 12.5. The summed E-state index contributed by atoms with van der Waals surface area (Å²) in [5, 5.41) is 0. The van der Waals surface area contributed by atoms with E-state index in [4.69, 9.17) is 4.74 Å². The third-order valence-electron chi connectivity index (χ3n) is 4.46. The zero-order chi connectivity index (χ0) is 16.2. The molecule has 1 unspecified atom stereocenters. The summed E-state index contributed by atoms with van der Waals surface area (Å²) in [4.78, 5) is 14.3. The minimum Gasteiger partial charge on any atom is -0.496 e. The lowest BCUT2D eigenvalue weighted by atomic mass is 10.1. The van der Waals surface area contributed by atoms with Crippen LogP contribution >= 0.6 is 0 Å². The molecule has 1 atom stereocenters. The van der Waals surface area contributed by atoms with E-state index in [9.17, 15) is 4.79 Å². The SMILES string of the molecule is COc1ccccc1/C=C/C(=O)N(C)C1CCc2ccccc21. The molecule has 0 aromatic heterocycles. The van der Waals surface area contributed by atoms with Gasteiger partial charge < -0.3 is 9.64 Å². The number of hydrogen-bond acceptors (Lipinski definition) is 2. The molecule has 0 fully saturated rings. The average Bonchev–Trinajstić information content (AvgIpc) is 3.03. The van der Waals surface area contributed by atoms with Gasteiger partial charge >= 0.3 is 0 Å². The Hall–Kier alpha value is -2.55. The van der Waals surface area contributed by atoms with Crippen molar-refractivity contribution in [3.05, 3.63) is 71.3 Å². The molecule has 3 heteroatoms. The molecule has 1 amide bonds. The van der Waals surface area contributed by atoms with Gasteiger partial charge in [-0.1, -0.05) is 42.5 Å². The lowest BCUT2D eigenvalue weighted by Crippen LogP contribution is -2.28. The fraction of sp³-hybridized carbons (Fsp3) is 0.250. The first-order chi connectivity index (χ1) is 11.2. The summed E-state index contributed by atoms with van der Waals surface area (Å²) in [6.07, 6.45) is 5.47. The molecule has 1 aliphatic rings. The second-order valence-electron chi connectivity index (χ2n) is 5.78. The van der Waals surface area contributed by atoms with Gasteiger partial charge in [-0.2, -0.15) is 0 Å². The van der Waals surface area contributed by atoms with Gasteiger partial charge in [0, 0.05) is 18.7 Å². The van der Waals surface area contributed by atoms with Gasteiger partial charge in [-0.25, -0.2) is 0 Å². The minimum absolute atomic E-state index is 0.0117. The molecule has 0 heterocycles. The van der Waals surface area contributed by atoms with E-state index in [2.05, 4.69) is 18.2 Å². The molecule has 0 radical (unpaired) electrons. The molecule has 0 saturated carbocycles. The van der Waals surface area contributed by atoms with Crippen LogP contribution in [-0.4, -0.2) is 25.0 Å². The zero-order valence-corrected chi connectivity index (χ0v) is 13.5. The summed E-state index contributed by atoms with van der Waals surface area (Å²) in [7, 11) is 3.51. The lowest BCUT2D eigenvalue weighted by molar-refractivity contribution is -0.126. The number of aryl methyl sites for hydroxylation is 1. The highest BCUT2D eigenvalue weighted by molar-refractivity contribution is 5.92. The molecule has 0 aliphatic heterocycles. The number of hydrogen-bond donors (Lipinski definition) is 0. The van der Waals surface area contributed by atoms with Crippen LogP contribution in [0.15, 0.2) is 54.6 Å². The van der Waals surface area contributed by atoms with Crippen molar-refractivity contribution >= 4 is 12.0 Å². The Morgan fingerprint density at radius 1 is 1.17 bits per heavy atom. The Morgan fingerprint density at radius 2 is 1.91 bits per heavy atom. The van der Waals surface area contributed by atoms with Crippen LogP contribution in [-0.2, 0) is 11.2 Å². The number of carbonyl (C=O) groups is 1. The number of carbonyl (C=O) groups excluding carboxylic acids is 1. The van der Waals surface area contributed by atoms with Crippen molar-refractivity contribution in [2.75, 3.05) is 14.2 Å². The van der Waals surface area contributed by atoms with Crippen LogP contribution < -0.4 is 4.74 Å². The number of para-hydroxylation sites is 1. The highest BCUT2D eigenvalue weighted by Crippen LogP contribution is 2.34. The molecule has 3 rings (SSSR count). The third-order valence-corrected chi connectivity index (χ3v) is 4.46. The highest BCUT2D eigenvalue weighted by Gasteiger charge is 2.27. The van der Waals surface area contributed by atoms with Crippen LogP contribution in [0.5, 0.6) is 5.75 Å². The monoisotopic (exact) mass is 307 g/mol. The van der Waals surface area contributed by atoms with Crippen LogP contribution in [0.1, 0.15) is 29.2 Å². The Kier molecular flexibility index (Phi) is 4.47. The normalized spacial score (nSPS) is 16.3. The van der Waals surface area contributed by atoms with Gasteiger partial charge in [-0.3, -0.25) is 4.79 Å². The Bertz CT molecular complexity index is 736. The minimum atomic E-state index is 0.0117. The number of benzene rings is 2. The van der Waals surface area contributed by atoms with E-state index in [0.29, 0.717) is 0 Å². The lowest BCUT2D eigenvalue weighted by Gasteiger charge is -2.24. The van der Waals surface area contributed by atoms with E-state index in [1.165, 1.54) is 11.1 Å². The van der Waals surface area contributed by atoms with Gasteiger partial charge in [-0.15, -0.1) is 0 Å². The van der Waals surface area contributed by atoms with Gasteiger partial charge in [0.1, 0.15) is 5.75 Å². The largest absolute Gasteiger partial charge is 0.496 e. The predicted octanol–water partition coefficient (Wildman–Crippen LogP) is 3.85. The van der Waals surface area contributed by atoms with Crippen LogP contribution in [0.4, 0.5) is 0 Å². The zero-order valence-electron chi connectivity index (χ0n) is 13.5. The summed E-state index contributed by atoms with van der Waals surface area (Å²) in [5.74, 6) is 0.781. The molecular formula is C20H21NO2. The maximum absolute atomic E-state index is 12.5. The van der Waals surface area contributed by atoms with E-state index in [1.54, 1.807) is 13.2 Å². The molecule has 0 N–H and O–H groups in total. The summed E-state index contributed by atoms with van der Waals surface area (Å²) in [6, 6.07) is 16.2. The van der Waals surface area contributed by atoms with Gasteiger partial charge in [0.15, 0.2) is 0 Å². The van der Waals surface area contributed by atoms with Crippen molar-refractivity contribution in [2.45, 2.75) is 18.9 Å². The molecule has 2 aromatic rings. The smallest absolute Gasteiger partial charge is 0.246 e. The van der Waals surface area contributed by atoms with Crippen molar-refractivity contribution in [3.8, 4) is 5.75 Å². The summed E-state index contributed by atoms with van der Waals surface area (Å²) < 4.78 is 5.31. The van der Waals surface area contributed by atoms with Crippen LogP contribution in [0.2, 0.25) is 0 Å². The second-order valence-corrected chi connectivity index (χ2v) is 5.78. The van der Waals surface area contributed by atoms with Crippen LogP contribution in [0, 0.1) is 0 Å². The number of likely N-dealkylation sites (N-methyl/N-ethyl adjacent to an activating group) is 1. The van der Waals surface area contributed by atoms with Crippen molar-refractivity contribution in [1.29, 1.82) is 0 Å². The Morgan fingerprint density at radius 3 is 2.74 bits per heavy atom. The molecule has 0 saturated heterocycles. The van der Waals surface area contributed by atoms with Gasteiger partial charge in [0.25, 0.3) is 0 Å². The molecule has 3 nitrogen and oxygen atoms in total. The number of amides is 1. The first-order valence-corrected chi connectivity index (χ1v) is 7.86. The van der Waals surface area contributed by atoms with E-state index in [-0.39, 0.29) is 11.9 Å². The molecule has 23 heavy (non-hydrogen) atoms. The average molecular weight is 307 g/mol. The van der Waals surface area contributed by atoms with Gasteiger partial charge in [-0.05, 0) is 36.1 Å². The van der Waals surface area contributed by atoms with Crippen molar-refractivity contribution in [2.24, 2.45) is 0 Å². The first-order valence-electron chi connectivity index (χ1n) is 7.86. The quantitative estimate of drug-likeness (QED) is 0.803. The number of nitrogens with zero attached hydrogens (tertiary/aromatic N) is 1. The topological polar surface area (TPSA) is 29.5 Å². The molecule has 2 aromatic carbocycles. The van der Waals surface area contributed by atoms with E-state index in [1.807, 2.05) is 48.4 Å². The number of ether oxygens (including phenoxy) is 1. The summed E-state index contributed by atoms with van der Waals surface area (Å²) >= 11 is 0. The van der Waals surface area contributed by atoms with E-state index < -0.39 is 0 Å². The summed E-state index contributed by atoms with van der Waals surface area (Å²) in [5.41, 5.74) is 3.53. The summed E-state index contributed by atoms with van der Waals surface area (Å²) in [6.45, 7) is 0. The number of methoxy groups -OCH3 is 1. The van der Waals surface area contributed by atoms with Crippen molar-refractivity contribution in [3.63, 3.8) is 0 Å². The molecule has 0 spiro atoms. The fourth-order valence-electron chi connectivity index (χ4n) is 3.17. The van der Waals surface area contributed by atoms with Crippen LogP contribution in [0.25, 0.3) is 6.08 Å². The van der Waals surface area contributed by atoms with Gasteiger partial charge in [0.05, 0.1) is 13.2 Å². The van der Waals surface area contributed by atoms with Crippen molar-refractivity contribution < 1.29 is 9.53 Å². The van der Waals surface area contributed by atoms with Crippen molar-refractivity contribution in [1.82, 2.24) is 4.90 Å². The molecule has 118 valence electrons. The number of rotatable bonds is 4. The number of fused-ring (bicyclic) bond motifs is 1. The maximum Gasteiger partial charge on any atom is 0.246 e. The fourth-order valence-corrected chi connectivity index (χ4v) is 3.17. The van der Waals surface area contributed by atoms with E-state index >= 15 is 0 Å². The first kappa shape index (κ1) is 15.3. The molecule has 0 bridgehead atoms. The Balaban J connectivity index is 1.75. The highest BCUT2D eigenvalue weighted by atomic mass is 16.5. The van der Waals surface area contributed by atoms with Gasteiger partial charge in [0.2, 0.25) is 5.91 Å². The third kappa shape index (κ3) is 3.14. The Labute approximate surface area is 137 Å².